The van der Waals surface area contributed by atoms with Crippen LogP contribution < -0.4 is 0 Å². The normalized spacial score (nSPS) is 11.9. The van der Waals surface area contributed by atoms with E-state index in [1.165, 1.54) is 65.3 Å². The minimum Gasteiger partial charge on any atom is -0.309 e. The molecule has 0 aliphatic rings. The maximum atomic E-state index is 5.23. The summed E-state index contributed by atoms with van der Waals surface area (Å²) in [5.41, 5.74) is 12.1. The Morgan fingerprint density at radius 3 is 1.30 bits per heavy atom. The Morgan fingerprint density at radius 1 is 0.281 bits per heavy atom. The molecule has 0 radical (unpaired) electrons. The molecule has 13 rings (SSSR count). The predicted molar refractivity (Wildman–Crippen MR) is 267 cm³/mol. The average molecular weight is 818 g/mol. The van der Waals surface area contributed by atoms with E-state index in [0.29, 0.717) is 17.6 Å². The van der Waals surface area contributed by atoms with Crippen molar-refractivity contribution < 1.29 is 0 Å². The maximum Gasteiger partial charge on any atom is 0.238 e. The van der Waals surface area contributed by atoms with Crippen LogP contribution in [0.4, 0.5) is 0 Å². The minimum atomic E-state index is 0.579. The second kappa shape index (κ2) is 14.1. The Hall–Kier alpha value is -8.41. The van der Waals surface area contributed by atoms with Crippen molar-refractivity contribution in [3.63, 3.8) is 0 Å². The molecular formula is C59H39N5. The van der Waals surface area contributed by atoms with Crippen LogP contribution in [0.5, 0.6) is 0 Å². The van der Waals surface area contributed by atoms with Crippen molar-refractivity contribution in [1.29, 1.82) is 0 Å². The molecule has 0 saturated carbocycles. The van der Waals surface area contributed by atoms with Gasteiger partial charge in [-0.1, -0.05) is 157 Å². The van der Waals surface area contributed by atoms with Crippen molar-refractivity contribution in [3.8, 4) is 45.5 Å². The number of hydrogen-bond donors (Lipinski definition) is 0. The lowest BCUT2D eigenvalue weighted by Crippen LogP contribution is -2.06. The van der Waals surface area contributed by atoms with Crippen molar-refractivity contribution in [2.24, 2.45) is 0 Å². The minimum absolute atomic E-state index is 0.579. The quantitative estimate of drug-likeness (QED) is 0.163. The van der Waals surface area contributed by atoms with Gasteiger partial charge in [-0.3, -0.25) is 4.57 Å². The van der Waals surface area contributed by atoms with Gasteiger partial charge in [-0.15, -0.1) is 0 Å². The summed E-state index contributed by atoms with van der Waals surface area (Å²) in [6, 6.07) is 72.1. The maximum absolute atomic E-state index is 5.23. The van der Waals surface area contributed by atoms with E-state index in [0.717, 1.165) is 49.7 Å². The third-order valence-corrected chi connectivity index (χ3v) is 13.1. The van der Waals surface area contributed by atoms with Crippen molar-refractivity contribution in [3.05, 3.63) is 211 Å². The molecule has 5 heteroatoms. The molecule has 0 saturated heterocycles. The number of nitrogens with zero attached hydrogens (tertiary/aromatic N) is 5. The number of aromatic nitrogens is 5. The van der Waals surface area contributed by atoms with E-state index in [2.05, 4.69) is 187 Å². The van der Waals surface area contributed by atoms with Crippen LogP contribution in [0.1, 0.15) is 11.1 Å². The summed E-state index contributed by atoms with van der Waals surface area (Å²) < 4.78 is 4.64. The van der Waals surface area contributed by atoms with Crippen LogP contribution in [0.15, 0.2) is 200 Å². The van der Waals surface area contributed by atoms with Gasteiger partial charge in [0, 0.05) is 38.4 Å². The van der Waals surface area contributed by atoms with Gasteiger partial charge in [-0.05, 0) is 112 Å². The molecule has 13 aromatic rings. The zero-order valence-corrected chi connectivity index (χ0v) is 35.3. The molecule has 5 nitrogen and oxygen atoms in total. The summed E-state index contributed by atoms with van der Waals surface area (Å²) in [6.07, 6.45) is 0. The van der Waals surface area contributed by atoms with Crippen LogP contribution >= 0.6 is 0 Å². The first-order chi connectivity index (χ1) is 31.5. The number of aryl methyl sites for hydroxylation is 2. The standard InChI is InChI=1S/C59H39N5/c1-36-21-29-53-49(31-36)51-34-52-50-32-37(2)22-30-54(50)64(59-61-57(39-13-5-3-6-14-39)60-58(62-59)40-15-7-4-8-16-40)56(52)35-55(51)63(53)42-26-23-38(24-27-42)41-25-28-47-45-19-10-9-17-43(45)44-18-11-12-20-46(44)48(47)33-41/h3-35H,1-2H3. The first-order valence-electron chi connectivity index (χ1n) is 21.8. The van der Waals surface area contributed by atoms with Crippen LogP contribution in [-0.4, -0.2) is 24.1 Å². The van der Waals surface area contributed by atoms with Gasteiger partial charge in [0.2, 0.25) is 5.95 Å². The Bertz CT molecular complexity index is 3920. The van der Waals surface area contributed by atoms with Gasteiger partial charge < -0.3 is 4.57 Å². The number of fused-ring (bicyclic) bond motifs is 12. The van der Waals surface area contributed by atoms with E-state index in [1.54, 1.807) is 0 Å². The van der Waals surface area contributed by atoms with Crippen LogP contribution in [0.25, 0.3) is 121 Å². The first kappa shape index (κ1) is 36.3. The van der Waals surface area contributed by atoms with Crippen molar-refractivity contribution in [2.45, 2.75) is 13.8 Å². The molecule has 0 spiro atoms. The van der Waals surface area contributed by atoms with E-state index < -0.39 is 0 Å². The molecule has 3 heterocycles. The molecule has 0 amide bonds. The Morgan fingerprint density at radius 2 is 0.734 bits per heavy atom. The fraction of sp³-hybridized carbons (Fsp3) is 0.0339. The fourth-order valence-corrected chi connectivity index (χ4v) is 10.0. The SMILES string of the molecule is Cc1ccc2c(c1)c1cc3c4cc(C)ccc4n(-c4nc(-c5ccccc5)nc(-c5ccccc5)n4)c3cc1n2-c1ccc(-c2ccc3c4ccccc4c4ccccc4c3c2)cc1. The highest BCUT2D eigenvalue weighted by atomic mass is 15.2. The molecule has 10 aromatic carbocycles. The molecule has 0 N–H and O–H groups in total. The zero-order chi connectivity index (χ0) is 42.5. The van der Waals surface area contributed by atoms with E-state index in [4.69, 9.17) is 15.0 Å². The Balaban J connectivity index is 1.03. The molecule has 0 unspecified atom stereocenters. The molecule has 64 heavy (non-hydrogen) atoms. The summed E-state index contributed by atoms with van der Waals surface area (Å²) in [4.78, 5) is 15.5. The predicted octanol–water partition coefficient (Wildman–Crippen LogP) is 15.1. The molecule has 300 valence electrons. The molecular weight excluding hydrogens is 779 g/mol. The monoisotopic (exact) mass is 817 g/mol. The van der Waals surface area contributed by atoms with Crippen molar-refractivity contribution in [1.82, 2.24) is 24.1 Å². The van der Waals surface area contributed by atoms with E-state index >= 15 is 0 Å². The largest absolute Gasteiger partial charge is 0.309 e. The summed E-state index contributed by atoms with van der Waals surface area (Å²) in [5.74, 6) is 1.84. The van der Waals surface area contributed by atoms with E-state index in [9.17, 15) is 0 Å². The van der Waals surface area contributed by atoms with Gasteiger partial charge in [0.1, 0.15) is 0 Å². The number of rotatable bonds is 5. The Labute approximate surface area is 369 Å². The van der Waals surface area contributed by atoms with E-state index in [1.807, 2.05) is 36.4 Å². The molecule has 0 aliphatic carbocycles. The van der Waals surface area contributed by atoms with Gasteiger partial charge in [-0.25, -0.2) is 4.98 Å². The van der Waals surface area contributed by atoms with Crippen molar-refractivity contribution in [2.75, 3.05) is 0 Å². The zero-order valence-electron chi connectivity index (χ0n) is 35.3. The highest BCUT2D eigenvalue weighted by Gasteiger charge is 2.22. The van der Waals surface area contributed by atoms with Crippen LogP contribution in [0.2, 0.25) is 0 Å². The van der Waals surface area contributed by atoms with Crippen molar-refractivity contribution >= 4 is 75.9 Å². The molecule has 0 fully saturated rings. The summed E-state index contributed by atoms with van der Waals surface area (Å²) in [6.45, 7) is 4.34. The number of hydrogen-bond acceptors (Lipinski definition) is 3. The third-order valence-electron chi connectivity index (χ3n) is 13.1. The summed E-state index contributed by atoms with van der Waals surface area (Å²) in [5, 5.41) is 12.4. The molecule has 0 bridgehead atoms. The van der Waals surface area contributed by atoms with Crippen LogP contribution in [0, 0.1) is 13.8 Å². The van der Waals surface area contributed by atoms with Gasteiger partial charge in [0.05, 0.1) is 22.1 Å². The van der Waals surface area contributed by atoms with Gasteiger partial charge in [0.25, 0.3) is 0 Å². The van der Waals surface area contributed by atoms with Gasteiger partial charge in [-0.2, -0.15) is 9.97 Å². The van der Waals surface area contributed by atoms with E-state index in [-0.39, 0.29) is 0 Å². The molecule has 0 aliphatic heterocycles. The number of benzene rings is 10. The lowest BCUT2D eigenvalue weighted by Gasteiger charge is -2.13. The lowest BCUT2D eigenvalue weighted by molar-refractivity contribution is 0.953. The summed E-state index contributed by atoms with van der Waals surface area (Å²) in [7, 11) is 0. The summed E-state index contributed by atoms with van der Waals surface area (Å²) >= 11 is 0. The molecule has 0 atom stereocenters. The fourth-order valence-electron chi connectivity index (χ4n) is 10.0. The van der Waals surface area contributed by atoms with Crippen LogP contribution in [-0.2, 0) is 0 Å². The average Bonchev–Trinajstić information content (AvgIpc) is 3.84. The molecule has 3 aromatic heterocycles. The Kier molecular flexibility index (Phi) is 7.97. The first-order valence-corrected chi connectivity index (χ1v) is 21.8. The van der Waals surface area contributed by atoms with Gasteiger partial charge >= 0.3 is 0 Å². The highest BCUT2D eigenvalue weighted by Crippen LogP contribution is 2.41. The lowest BCUT2D eigenvalue weighted by atomic mass is 9.92. The third kappa shape index (κ3) is 5.61. The highest BCUT2D eigenvalue weighted by molar-refractivity contribution is 6.26. The second-order valence-electron chi connectivity index (χ2n) is 17.0. The smallest absolute Gasteiger partial charge is 0.238 e. The second-order valence-corrected chi connectivity index (χ2v) is 17.0. The van der Waals surface area contributed by atoms with Gasteiger partial charge in [0.15, 0.2) is 11.6 Å². The topological polar surface area (TPSA) is 48.5 Å². The van der Waals surface area contributed by atoms with Crippen LogP contribution in [0.3, 0.4) is 0 Å².